The van der Waals surface area contributed by atoms with Gasteiger partial charge in [0, 0.05) is 11.3 Å². The smallest absolute Gasteiger partial charge is 0.335 e. The molecule has 0 bridgehead atoms. The monoisotopic (exact) mass is 458 g/mol. The highest BCUT2D eigenvalue weighted by Crippen LogP contribution is 2.24. The number of urea groups is 1. The Morgan fingerprint density at radius 1 is 1.13 bits per heavy atom. The Balaban J connectivity index is 1.81. The number of rotatable bonds is 6. The number of nitrogens with zero attached hydrogens (tertiary/aromatic N) is 2. The molecule has 0 aliphatic heterocycles. The zero-order valence-corrected chi connectivity index (χ0v) is 18.3. The predicted molar refractivity (Wildman–Crippen MR) is 120 cm³/mol. The molecule has 160 valence electrons. The quantitative estimate of drug-likeness (QED) is 0.570. The van der Waals surface area contributed by atoms with Crippen LogP contribution in [0.3, 0.4) is 0 Å². The van der Waals surface area contributed by atoms with E-state index in [1.165, 1.54) is 18.2 Å². The van der Waals surface area contributed by atoms with Crippen LogP contribution in [0, 0.1) is 6.92 Å². The Morgan fingerprint density at radius 3 is 2.48 bits per heavy atom. The molecule has 0 fully saturated rings. The summed E-state index contributed by atoms with van der Waals surface area (Å²) in [7, 11) is -2.67. The topological polar surface area (TPSA) is 110 Å². The molecular weight excluding hydrogens is 440 g/mol. The molecule has 31 heavy (non-hydrogen) atoms. The first-order valence-electron chi connectivity index (χ1n) is 8.98. The number of hydrogen-bond acceptors (Lipinski definition) is 6. The number of aryl methyl sites for hydroxylation is 1. The van der Waals surface area contributed by atoms with Gasteiger partial charge in [-0.3, -0.25) is 5.32 Å². The molecule has 0 atom stereocenters. The minimum atomic E-state index is -4.23. The van der Waals surface area contributed by atoms with E-state index in [9.17, 15) is 13.2 Å². The Hall–Kier alpha value is -3.43. The third-order valence-electron chi connectivity index (χ3n) is 4.17. The van der Waals surface area contributed by atoms with Crippen molar-refractivity contribution in [2.24, 2.45) is 0 Å². The zero-order chi connectivity index (χ0) is 22.6. The summed E-state index contributed by atoms with van der Waals surface area (Å²) in [4.78, 5) is 20.5. The molecule has 2 N–H and O–H groups in total. The van der Waals surface area contributed by atoms with Crippen LogP contribution < -0.4 is 14.8 Å². The summed E-state index contributed by atoms with van der Waals surface area (Å²) in [5, 5.41) is 2.32. The van der Waals surface area contributed by atoms with Gasteiger partial charge in [0.05, 0.1) is 17.8 Å². The largest absolute Gasteiger partial charge is 0.497 e. The molecule has 0 aliphatic carbocycles. The zero-order valence-electron chi connectivity index (χ0n) is 16.7. The number of hydrogen-bond donors (Lipinski definition) is 2. The second kappa shape index (κ2) is 9.15. The number of amides is 2. The van der Waals surface area contributed by atoms with Crippen molar-refractivity contribution in [2.45, 2.75) is 11.8 Å². The lowest BCUT2D eigenvalue weighted by atomic mass is 10.1. The van der Waals surface area contributed by atoms with Gasteiger partial charge in [0.2, 0.25) is 5.95 Å². The Bertz CT molecular complexity index is 1240. The summed E-state index contributed by atoms with van der Waals surface area (Å²) in [5.74, 6) is 0.640. The average Bonchev–Trinajstić information content (AvgIpc) is 2.73. The number of halogens is 1. The molecule has 10 heteroatoms. The lowest BCUT2D eigenvalue weighted by Gasteiger charge is -2.11. The van der Waals surface area contributed by atoms with Crippen molar-refractivity contribution < 1.29 is 17.9 Å². The number of aromatic nitrogens is 2. The second-order valence-electron chi connectivity index (χ2n) is 6.40. The summed E-state index contributed by atoms with van der Waals surface area (Å²) in [6, 6.07) is 12.2. The molecule has 8 nitrogen and oxygen atoms in total. The standard InChI is InChI=1S/C21H19ClN4O4S/c1-4-14-5-10-17(22)19(12-14)31(28,29)26-21(27)25-20-23-13(2)11-18(24-20)15-6-8-16(30-3)9-7-15/h4-12H,1H2,2-3H3,(H2,23,24,25,26,27). The van der Waals surface area contributed by atoms with Gasteiger partial charge in [-0.25, -0.2) is 27.9 Å². The molecule has 1 aromatic heterocycles. The molecule has 2 aromatic carbocycles. The highest BCUT2D eigenvalue weighted by Gasteiger charge is 2.22. The van der Waals surface area contributed by atoms with E-state index in [1.807, 2.05) is 16.9 Å². The van der Waals surface area contributed by atoms with Gasteiger partial charge in [-0.2, -0.15) is 0 Å². The summed E-state index contributed by atoms with van der Waals surface area (Å²) >= 11 is 5.99. The highest BCUT2D eigenvalue weighted by molar-refractivity contribution is 7.90. The van der Waals surface area contributed by atoms with Crippen LogP contribution in [-0.2, 0) is 10.0 Å². The van der Waals surface area contributed by atoms with Crippen molar-refractivity contribution in [2.75, 3.05) is 12.4 Å². The number of nitrogens with one attached hydrogen (secondary N) is 2. The predicted octanol–water partition coefficient (Wildman–Crippen LogP) is 4.27. The molecule has 3 rings (SSSR count). The first-order valence-corrected chi connectivity index (χ1v) is 10.8. The third-order valence-corrected chi connectivity index (χ3v) is 5.99. The fourth-order valence-corrected chi connectivity index (χ4v) is 4.13. The molecule has 0 unspecified atom stereocenters. The van der Waals surface area contributed by atoms with Crippen LogP contribution in [0.25, 0.3) is 17.3 Å². The van der Waals surface area contributed by atoms with Gasteiger partial charge in [0.15, 0.2) is 0 Å². The summed E-state index contributed by atoms with van der Waals surface area (Å²) in [6.45, 7) is 5.32. The Kier molecular flexibility index (Phi) is 6.57. The van der Waals surface area contributed by atoms with Crippen LogP contribution in [0.5, 0.6) is 5.75 Å². The van der Waals surface area contributed by atoms with Crippen LogP contribution in [0.2, 0.25) is 5.02 Å². The van der Waals surface area contributed by atoms with Crippen molar-refractivity contribution in [1.29, 1.82) is 0 Å². The minimum absolute atomic E-state index is 0.0282. The molecule has 0 saturated heterocycles. The van der Waals surface area contributed by atoms with Gasteiger partial charge < -0.3 is 4.74 Å². The van der Waals surface area contributed by atoms with Crippen molar-refractivity contribution >= 4 is 39.7 Å². The van der Waals surface area contributed by atoms with Crippen molar-refractivity contribution in [3.8, 4) is 17.0 Å². The Labute approximate surface area is 185 Å². The van der Waals surface area contributed by atoms with Crippen molar-refractivity contribution in [3.05, 3.63) is 71.4 Å². The normalized spacial score (nSPS) is 10.9. The molecule has 0 spiro atoms. The lowest BCUT2D eigenvalue weighted by molar-refractivity contribution is 0.256. The number of methoxy groups -OCH3 is 1. The maximum atomic E-state index is 12.6. The lowest BCUT2D eigenvalue weighted by Crippen LogP contribution is -2.35. The second-order valence-corrected chi connectivity index (χ2v) is 8.46. The maximum absolute atomic E-state index is 12.6. The van der Waals surface area contributed by atoms with Gasteiger partial charge in [0.25, 0.3) is 10.0 Å². The van der Waals surface area contributed by atoms with Crippen LogP contribution >= 0.6 is 11.6 Å². The summed E-state index contributed by atoms with van der Waals surface area (Å²) < 4.78 is 32.2. The van der Waals surface area contributed by atoms with Crippen molar-refractivity contribution in [1.82, 2.24) is 14.7 Å². The minimum Gasteiger partial charge on any atom is -0.497 e. The van der Waals surface area contributed by atoms with E-state index >= 15 is 0 Å². The van der Waals surface area contributed by atoms with Crippen LogP contribution in [-0.4, -0.2) is 31.5 Å². The number of carbonyl (C=O) groups is 1. The van der Waals surface area contributed by atoms with E-state index in [0.29, 0.717) is 22.7 Å². The summed E-state index contributed by atoms with van der Waals surface area (Å²) in [5.41, 5.74) is 2.45. The summed E-state index contributed by atoms with van der Waals surface area (Å²) in [6.07, 6.45) is 1.47. The van der Waals surface area contributed by atoms with E-state index in [4.69, 9.17) is 16.3 Å². The number of anilines is 1. The van der Waals surface area contributed by atoms with Crippen molar-refractivity contribution in [3.63, 3.8) is 0 Å². The maximum Gasteiger partial charge on any atom is 0.335 e. The molecule has 1 heterocycles. The fourth-order valence-electron chi connectivity index (χ4n) is 2.69. The number of benzene rings is 2. The third kappa shape index (κ3) is 5.39. The van der Waals surface area contributed by atoms with Gasteiger partial charge in [-0.1, -0.05) is 30.3 Å². The van der Waals surface area contributed by atoms with Crippen LogP contribution in [0.1, 0.15) is 11.3 Å². The fraction of sp³-hybridized carbons (Fsp3) is 0.0952. The number of sulfonamides is 1. The average molecular weight is 459 g/mol. The number of carbonyl (C=O) groups excluding carboxylic acids is 1. The van der Waals surface area contributed by atoms with Gasteiger partial charge in [-0.05, 0) is 55.0 Å². The van der Waals surface area contributed by atoms with Gasteiger partial charge in [0.1, 0.15) is 10.6 Å². The molecule has 0 radical (unpaired) electrons. The Morgan fingerprint density at radius 2 is 1.84 bits per heavy atom. The van der Waals surface area contributed by atoms with Crippen LogP contribution in [0.15, 0.2) is 60.0 Å². The van der Waals surface area contributed by atoms with E-state index in [1.54, 1.807) is 38.3 Å². The van der Waals surface area contributed by atoms with Gasteiger partial charge >= 0.3 is 6.03 Å². The van der Waals surface area contributed by atoms with E-state index < -0.39 is 16.1 Å². The first kappa shape index (κ1) is 22.3. The molecular formula is C21H19ClN4O4S. The van der Waals surface area contributed by atoms with E-state index in [0.717, 1.165) is 5.56 Å². The SMILES string of the molecule is C=Cc1ccc(Cl)c(S(=O)(=O)NC(=O)Nc2nc(C)cc(-c3ccc(OC)cc3)n2)c1. The molecule has 0 saturated carbocycles. The van der Waals surface area contributed by atoms with Gasteiger partial charge in [-0.15, -0.1) is 0 Å². The van der Waals surface area contributed by atoms with E-state index in [2.05, 4.69) is 21.9 Å². The first-order chi connectivity index (χ1) is 14.7. The van der Waals surface area contributed by atoms with Crippen LogP contribution in [0.4, 0.5) is 10.7 Å². The number of ether oxygens (including phenoxy) is 1. The molecule has 2 amide bonds. The molecule has 0 aliphatic rings. The van der Waals surface area contributed by atoms with E-state index in [-0.39, 0.29) is 15.9 Å². The highest BCUT2D eigenvalue weighted by atomic mass is 35.5. The molecule has 3 aromatic rings.